The number of carbonyl (C=O) groups excluding carboxylic acids is 1. The van der Waals surface area contributed by atoms with Gasteiger partial charge in [0.2, 0.25) is 0 Å². The second-order valence-electron chi connectivity index (χ2n) is 5.63. The van der Waals surface area contributed by atoms with Crippen LogP contribution in [0.1, 0.15) is 42.1 Å². The molecule has 1 fully saturated rings. The second-order valence-corrected chi connectivity index (χ2v) is 8.19. The standard InChI is InChI=1S/C14H17ClFNO3S/c1-8-3-4-10(5-8)17-14(18)12-7-11(21(15,19)20)6-9(2)13(12)16/h6-8,10H,3-5H2,1-2H3,(H,17,18). The number of carbonyl (C=O) groups is 1. The maximum Gasteiger partial charge on any atom is 0.261 e. The molecule has 116 valence electrons. The molecule has 0 radical (unpaired) electrons. The summed E-state index contributed by atoms with van der Waals surface area (Å²) in [5, 5.41) is 2.76. The summed E-state index contributed by atoms with van der Waals surface area (Å²) in [5.74, 6) is -0.795. The van der Waals surface area contributed by atoms with Crippen molar-refractivity contribution in [3.05, 3.63) is 29.1 Å². The van der Waals surface area contributed by atoms with Gasteiger partial charge in [-0.3, -0.25) is 4.79 Å². The van der Waals surface area contributed by atoms with E-state index in [1.165, 1.54) is 6.92 Å². The molecule has 0 bridgehead atoms. The van der Waals surface area contributed by atoms with Crippen molar-refractivity contribution in [1.29, 1.82) is 0 Å². The van der Waals surface area contributed by atoms with E-state index in [0.717, 1.165) is 31.4 Å². The molecule has 7 heteroatoms. The molecule has 1 amide bonds. The first-order valence-electron chi connectivity index (χ1n) is 6.74. The first-order valence-corrected chi connectivity index (χ1v) is 9.05. The first kappa shape index (κ1) is 16.2. The summed E-state index contributed by atoms with van der Waals surface area (Å²) >= 11 is 0. The van der Waals surface area contributed by atoms with Crippen molar-refractivity contribution >= 4 is 25.6 Å². The zero-order valence-corrected chi connectivity index (χ0v) is 13.4. The van der Waals surface area contributed by atoms with E-state index < -0.39 is 20.8 Å². The van der Waals surface area contributed by atoms with Crippen molar-refractivity contribution in [1.82, 2.24) is 5.32 Å². The smallest absolute Gasteiger partial charge is 0.261 e. The minimum Gasteiger partial charge on any atom is -0.349 e. The zero-order valence-electron chi connectivity index (χ0n) is 11.8. The van der Waals surface area contributed by atoms with Crippen LogP contribution in [-0.4, -0.2) is 20.4 Å². The van der Waals surface area contributed by atoms with E-state index in [1.54, 1.807) is 0 Å². The summed E-state index contributed by atoms with van der Waals surface area (Å²) in [6.45, 7) is 3.49. The number of amides is 1. The zero-order chi connectivity index (χ0) is 15.8. The van der Waals surface area contributed by atoms with Gasteiger partial charge in [-0.05, 0) is 49.8 Å². The molecule has 0 saturated heterocycles. The van der Waals surface area contributed by atoms with Gasteiger partial charge in [0.05, 0.1) is 10.5 Å². The minimum absolute atomic E-state index is 0.00321. The van der Waals surface area contributed by atoms with E-state index in [4.69, 9.17) is 10.7 Å². The molecule has 0 heterocycles. The van der Waals surface area contributed by atoms with Gasteiger partial charge in [-0.15, -0.1) is 0 Å². The SMILES string of the molecule is Cc1cc(S(=O)(=O)Cl)cc(C(=O)NC2CCC(C)C2)c1F. The molecule has 0 aliphatic heterocycles. The van der Waals surface area contributed by atoms with Crippen molar-refractivity contribution in [3.8, 4) is 0 Å². The number of benzene rings is 1. The van der Waals surface area contributed by atoms with Crippen LogP contribution in [-0.2, 0) is 9.05 Å². The third kappa shape index (κ3) is 3.74. The lowest BCUT2D eigenvalue weighted by Gasteiger charge is -2.14. The van der Waals surface area contributed by atoms with Crippen LogP contribution in [0.25, 0.3) is 0 Å². The van der Waals surface area contributed by atoms with Gasteiger partial charge < -0.3 is 5.32 Å². The highest BCUT2D eigenvalue weighted by Crippen LogP contribution is 2.26. The molecular weight excluding hydrogens is 317 g/mol. The van der Waals surface area contributed by atoms with E-state index in [9.17, 15) is 17.6 Å². The molecule has 1 aliphatic rings. The molecule has 1 aromatic rings. The van der Waals surface area contributed by atoms with Crippen LogP contribution in [0.5, 0.6) is 0 Å². The van der Waals surface area contributed by atoms with Crippen LogP contribution in [0.2, 0.25) is 0 Å². The molecule has 1 aromatic carbocycles. The number of nitrogens with one attached hydrogen (secondary N) is 1. The van der Waals surface area contributed by atoms with Gasteiger partial charge in [0.15, 0.2) is 0 Å². The van der Waals surface area contributed by atoms with Crippen LogP contribution < -0.4 is 5.32 Å². The molecule has 4 nitrogen and oxygen atoms in total. The second kappa shape index (κ2) is 5.93. The topological polar surface area (TPSA) is 63.2 Å². The molecule has 0 spiro atoms. The van der Waals surface area contributed by atoms with Gasteiger partial charge in [0.25, 0.3) is 15.0 Å². The Morgan fingerprint density at radius 1 is 1.38 bits per heavy atom. The fourth-order valence-electron chi connectivity index (χ4n) is 2.64. The molecule has 1 saturated carbocycles. The predicted octanol–water partition coefficient (Wildman–Crippen LogP) is 2.98. The number of hydrogen-bond donors (Lipinski definition) is 1. The van der Waals surface area contributed by atoms with E-state index in [0.29, 0.717) is 5.92 Å². The Morgan fingerprint density at radius 3 is 2.57 bits per heavy atom. The van der Waals surface area contributed by atoms with Crippen LogP contribution in [0, 0.1) is 18.7 Å². The number of hydrogen-bond acceptors (Lipinski definition) is 3. The summed E-state index contributed by atoms with van der Waals surface area (Å²) in [7, 11) is 1.26. The Labute approximate surface area is 128 Å². The van der Waals surface area contributed by atoms with Crippen molar-refractivity contribution < 1.29 is 17.6 Å². The summed E-state index contributed by atoms with van der Waals surface area (Å²) in [4.78, 5) is 11.9. The highest BCUT2D eigenvalue weighted by Gasteiger charge is 2.25. The highest BCUT2D eigenvalue weighted by atomic mass is 35.7. The Kier molecular flexibility index (Phi) is 4.58. The van der Waals surface area contributed by atoms with Crippen LogP contribution in [0.15, 0.2) is 17.0 Å². The van der Waals surface area contributed by atoms with Gasteiger partial charge in [0.1, 0.15) is 5.82 Å². The van der Waals surface area contributed by atoms with Crippen molar-refractivity contribution in [2.45, 2.75) is 44.0 Å². The Bertz CT molecular complexity index is 675. The molecule has 1 aliphatic carbocycles. The summed E-state index contributed by atoms with van der Waals surface area (Å²) in [6.07, 6.45) is 2.71. The third-order valence-corrected chi connectivity index (χ3v) is 5.12. The van der Waals surface area contributed by atoms with Gasteiger partial charge in [-0.2, -0.15) is 0 Å². The van der Waals surface area contributed by atoms with Crippen LogP contribution in [0.4, 0.5) is 4.39 Å². The maximum atomic E-state index is 14.1. The monoisotopic (exact) mass is 333 g/mol. The lowest BCUT2D eigenvalue weighted by molar-refractivity contribution is 0.0932. The lowest BCUT2D eigenvalue weighted by Crippen LogP contribution is -2.33. The van der Waals surface area contributed by atoms with E-state index in [2.05, 4.69) is 12.2 Å². The highest BCUT2D eigenvalue weighted by molar-refractivity contribution is 8.13. The quantitative estimate of drug-likeness (QED) is 0.865. The minimum atomic E-state index is -4.01. The Balaban J connectivity index is 2.30. The molecule has 2 atom stereocenters. The molecule has 0 aromatic heterocycles. The number of aryl methyl sites for hydroxylation is 1. The number of rotatable bonds is 3. The number of halogens is 2. The van der Waals surface area contributed by atoms with Gasteiger partial charge in [-0.1, -0.05) is 6.92 Å². The van der Waals surface area contributed by atoms with Crippen molar-refractivity contribution in [3.63, 3.8) is 0 Å². The van der Waals surface area contributed by atoms with Gasteiger partial charge in [-0.25, -0.2) is 12.8 Å². The van der Waals surface area contributed by atoms with E-state index in [1.807, 2.05) is 0 Å². The summed E-state index contributed by atoms with van der Waals surface area (Å²) in [6, 6.07) is 2.10. The van der Waals surface area contributed by atoms with Gasteiger partial charge >= 0.3 is 0 Å². The molecule has 2 unspecified atom stereocenters. The van der Waals surface area contributed by atoms with Crippen LogP contribution >= 0.6 is 10.7 Å². The Hall–Kier alpha value is -1.14. The average molecular weight is 334 g/mol. The third-order valence-electron chi connectivity index (χ3n) is 3.78. The average Bonchev–Trinajstić information content (AvgIpc) is 2.76. The van der Waals surface area contributed by atoms with E-state index >= 15 is 0 Å². The largest absolute Gasteiger partial charge is 0.349 e. The predicted molar refractivity (Wildman–Crippen MR) is 78.4 cm³/mol. The van der Waals surface area contributed by atoms with Crippen molar-refractivity contribution in [2.24, 2.45) is 5.92 Å². The first-order chi connectivity index (χ1) is 9.68. The van der Waals surface area contributed by atoms with Crippen LogP contribution in [0.3, 0.4) is 0 Å². The molecule has 1 N–H and O–H groups in total. The normalized spacial score (nSPS) is 22.3. The molecule has 2 rings (SSSR count). The molecular formula is C14H17ClFNO3S. The fourth-order valence-corrected chi connectivity index (χ4v) is 3.49. The summed E-state index contributed by atoms with van der Waals surface area (Å²) in [5.41, 5.74) is -0.213. The fraction of sp³-hybridized carbons (Fsp3) is 0.500. The summed E-state index contributed by atoms with van der Waals surface area (Å²) < 4.78 is 36.8. The van der Waals surface area contributed by atoms with Crippen molar-refractivity contribution in [2.75, 3.05) is 0 Å². The van der Waals surface area contributed by atoms with Gasteiger partial charge in [0, 0.05) is 16.7 Å². The lowest BCUT2D eigenvalue weighted by atomic mass is 10.1. The maximum absolute atomic E-state index is 14.1. The van der Waals surface area contributed by atoms with E-state index in [-0.39, 0.29) is 22.1 Å². The Morgan fingerprint density at radius 2 is 2.05 bits per heavy atom. The molecule has 21 heavy (non-hydrogen) atoms.